The van der Waals surface area contributed by atoms with Crippen LogP contribution in [0.2, 0.25) is 0 Å². The predicted octanol–water partition coefficient (Wildman–Crippen LogP) is 0.832. The normalized spacial score (nSPS) is 24.3. The van der Waals surface area contributed by atoms with Gasteiger partial charge in [0.1, 0.15) is 5.82 Å². The number of rotatable bonds is 2. The molecule has 1 aromatic heterocycles. The number of halogens is 1. The van der Waals surface area contributed by atoms with E-state index in [9.17, 15) is 12.8 Å². The van der Waals surface area contributed by atoms with Gasteiger partial charge in [0, 0.05) is 6.54 Å². The highest BCUT2D eigenvalue weighted by Gasteiger charge is 2.38. The van der Waals surface area contributed by atoms with Gasteiger partial charge in [-0.15, -0.1) is 0 Å². The van der Waals surface area contributed by atoms with Gasteiger partial charge in [-0.2, -0.15) is 9.57 Å². The molecule has 0 radical (unpaired) electrons. The fourth-order valence-corrected chi connectivity index (χ4v) is 3.39. The Kier molecular flexibility index (Phi) is 3.77. The summed E-state index contributed by atoms with van der Waals surface area (Å²) in [6.07, 6.45) is 0. The summed E-state index contributed by atoms with van der Waals surface area (Å²) in [6.45, 7) is 3.11. The predicted molar refractivity (Wildman–Crippen MR) is 67.7 cm³/mol. The summed E-state index contributed by atoms with van der Waals surface area (Å²) in [5, 5.41) is 8.80. The molecule has 108 valence electrons. The molecule has 1 unspecified atom stereocenters. The molecule has 0 aliphatic carbocycles. The molecule has 8 heteroatoms. The minimum atomic E-state index is -3.86. The van der Waals surface area contributed by atoms with E-state index in [-0.39, 0.29) is 30.4 Å². The first-order valence-electron chi connectivity index (χ1n) is 5.97. The Labute approximate surface area is 116 Å². The van der Waals surface area contributed by atoms with E-state index in [0.29, 0.717) is 0 Å². The maximum atomic E-state index is 13.2. The van der Waals surface area contributed by atoms with E-state index >= 15 is 0 Å². The third-order valence-electron chi connectivity index (χ3n) is 3.08. The molecule has 0 spiro atoms. The SMILES string of the molecule is Cc1nc(S(=O)(=O)N2CCOC(C)(C#N)C2)ccc1F. The van der Waals surface area contributed by atoms with Crippen molar-refractivity contribution in [2.75, 3.05) is 19.7 Å². The Morgan fingerprint density at radius 3 is 2.85 bits per heavy atom. The smallest absolute Gasteiger partial charge is 0.260 e. The molecular weight excluding hydrogens is 285 g/mol. The average Bonchev–Trinajstić information content (AvgIpc) is 2.42. The first-order chi connectivity index (χ1) is 9.28. The Balaban J connectivity index is 2.35. The zero-order chi connectivity index (χ0) is 15.0. The van der Waals surface area contributed by atoms with Crippen LogP contribution in [0.3, 0.4) is 0 Å². The molecule has 2 heterocycles. The van der Waals surface area contributed by atoms with Crippen LogP contribution in [0, 0.1) is 24.1 Å². The lowest BCUT2D eigenvalue weighted by molar-refractivity contribution is -0.0387. The molecule has 0 saturated carbocycles. The monoisotopic (exact) mass is 299 g/mol. The van der Waals surface area contributed by atoms with Crippen molar-refractivity contribution in [3.05, 3.63) is 23.6 Å². The van der Waals surface area contributed by atoms with Gasteiger partial charge in [-0.1, -0.05) is 0 Å². The van der Waals surface area contributed by atoms with E-state index in [2.05, 4.69) is 4.98 Å². The zero-order valence-electron chi connectivity index (χ0n) is 11.1. The second kappa shape index (κ2) is 5.09. The van der Waals surface area contributed by atoms with E-state index in [0.717, 1.165) is 16.4 Å². The van der Waals surface area contributed by atoms with Crippen LogP contribution in [0.5, 0.6) is 0 Å². The van der Waals surface area contributed by atoms with E-state index in [1.165, 1.54) is 13.8 Å². The van der Waals surface area contributed by atoms with Crippen LogP contribution >= 0.6 is 0 Å². The zero-order valence-corrected chi connectivity index (χ0v) is 11.9. The third kappa shape index (κ3) is 2.65. The molecule has 1 fully saturated rings. The number of ether oxygens (including phenoxy) is 1. The summed E-state index contributed by atoms with van der Waals surface area (Å²) in [6, 6.07) is 4.14. The topological polar surface area (TPSA) is 83.3 Å². The summed E-state index contributed by atoms with van der Waals surface area (Å²) >= 11 is 0. The Bertz CT molecular complexity index is 671. The quantitative estimate of drug-likeness (QED) is 0.808. The van der Waals surface area contributed by atoms with Gasteiger partial charge < -0.3 is 4.74 Å². The number of nitrogens with zero attached hydrogens (tertiary/aromatic N) is 3. The summed E-state index contributed by atoms with van der Waals surface area (Å²) in [4.78, 5) is 3.76. The highest BCUT2D eigenvalue weighted by molar-refractivity contribution is 7.89. The standard InChI is InChI=1S/C12H14FN3O3S/c1-9-10(13)3-4-11(15-9)20(17,18)16-5-6-19-12(2,7-14)8-16/h3-4H,5-6,8H2,1-2H3. The molecule has 1 aromatic rings. The van der Waals surface area contributed by atoms with Gasteiger partial charge in [-0.05, 0) is 26.0 Å². The fraction of sp³-hybridized carbons (Fsp3) is 0.500. The van der Waals surface area contributed by atoms with Gasteiger partial charge in [0.2, 0.25) is 0 Å². The van der Waals surface area contributed by atoms with Crippen molar-refractivity contribution in [2.45, 2.75) is 24.5 Å². The summed E-state index contributed by atoms with van der Waals surface area (Å²) < 4.78 is 44.4. The van der Waals surface area contributed by atoms with Crippen LogP contribution in [0.15, 0.2) is 17.2 Å². The van der Waals surface area contributed by atoms with Gasteiger partial charge in [-0.25, -0.2) is 17.8 Å². The molecule has 20 heavy (non-hydrogen) atoms. The van der Waals surface area contributed by atoms with Gasteiger partial charge in [-0.3, -0.25) is 0 Å². The first kappa shape index (κ1) is 14.8. The molecule has 0 bridgehead atoms. The van der Waals surface area contributed by atoms with Gasteiger partial charge >= 0.3 is 0 Å². The maximum Gasteiger partial charge on any atom is 0.260 e. The first-order valence-corrected chi connectivity index (χ1v) is 7.41. The maximum absolute atomic E-state index is 13.2. The van der Waals surface area contributed by atoms with Crippen molar-refractivity contribution in [1.82, 2.24) is 9.29 Å². The highest BCUT2D eigenvalue weighted by atomic mass is 32.2. The Morgan fingerprint density at radius 1 is 1.55 bits per heavy atom. The molecule has 1 saturated heterocycles. The number of aryl methyl sites for hydroxylation is 1. The molecule has 1 aliphatic heterocycles. The Hall–Kier alpha value is -1.56. The summed E-state index contributed by atoms with van der Waals surface area (Å²) in [5.74, 6) is -0.562. The highest BCUT2D eigenvalue weighted by Crippen LogP contribution is 2.23. The van der Waals surface area contributed by atoms with Crippen molar-refractivity contribution in [3.63, 3.8) is 0 Å². The average molecular weight is 299 g/mol. The largest absolute Gasteiger partial charge is 0.358 e. The number of nitriles is 1. The molecule has 2 rings (SSSR count). The summed E-state index contributed by atoms with van der Waals surface area (Å²) in [5.41, 5.74) is -1.16. The summed E-state index contributed by atoms with van der Waals surface area (Å²) in [7, 11) is -3.86. The number of sulfonamides is 1. The number of aromatic nitrogens is 1. The number of pyridine rings is 1. The molecule has 1 aliphatic rings. The Morgan fingerprint density at radius 2 is 2.25 bits per heavy atom. The van der Waals surface area contributed by atoms with Gasteiger partial charge in [0.15, 0.2) is 10.6 Å². The van der Waals surface area contributed by atoms with Crippen molar-refractivity contribution in [1.29, 1.82) is 5.26 Å². The molecule has 0 amide bonds. The van der Waals surface area contributed by atoms with E-state index in [1.807, 2.05) is 6.07 Å². The molecule has 0 N–H and O–H groups in total. The number of hydrogen-bond acceptors (Lipinski definition) is 5. The van der Waals surface area contributed by atoms with Crippen molar-refractivity contribution < 1.29 is 17.5 Å². The lowest BCUT2D eigenvalue weighted by atomic mass is 10.1. The second-order valence-corrected chi connectivity index (χ2v) is 6.63. The molecule has 0 aromatic carbocycles. The van der Waals surface area contributed by atoms with E-state index < -0.39 is 21.4 Å². The van der Waals surface area contributed by atoms with E-state index in [4.69, 9.17) is 10.00 Å². The van der Waals surface area contributed by atoms with Crippen LogP contribution in [0.4, 0.5) is 4.39 Å². The van der Waals surface area contributed by atoms with Crippen LogP contribution in [-0.2, 0) is 14.8 Å². The van der Waals surface area contributed by atoms with Crippen LogP contribution in [0.25, 0.3) is 0 Å². The van der Waals surface area contributed by atoms with E-state index in [1.54, 1.807) is 0 Å². The number of hydrogen-bond donors (Lipinski definition) is 0. The van der Waals surface area contributed by atoms with Gasteiger partial charge in [0.05, 0.1) is 24.9 Å². The third-order valence-corrected chi connectivity index (χ3v) is 4.82. The fourth-order valence-electron chi connectivity index (χ4n) is 1.90. The van der Waals surface area contributed by atoms with Crippen LogP contribution in [-0.4, -0.2) is 43.0 Å². The van der Waals surface area contributed by atoms with Gasteiger partial charge in [0.25, 0.3) is 10.0 Å². The molecule has 1 atom stereocenters. The minimum absolute atomic E-state index is 0.0161. The number of morpholine rings is 1. The van der Waals surface area contributed by atoms with Crippen LogP contribution < -0.4 is 0 Å². The lowest BCUT2D eigenvalue weighted by Gasteiger charge is -2.34. The minimum Gasteiger partial charge on any atom is -0.358 e. The molecular formula is C12H14FN3O3S. The van der Waals surface area contributed by atoms with Crippen LogP contribution in [0.1, 0.15) is 12.6 Å². The van der Waals surface area contributed by atoms with Crippen molar-refractivity contribution >= 4 is 10.0 Å². The van der Waals surface area contributed by atoms with Crippen molar-refractivity contribution in [3.8, 4) is 6.07 Å². The molecule has 6 nitrogen and oxygen atoms in total. The second-order valence-electron chi connectivity index (χ2n) is 4.75. The van der Waals surface area contributed by atoms with Crippen molar-refractivity contribution in [2.24, 2.45) is 0 Å². The lowest BCUT2D eigenvalue weighted by Crippen LogP contribution is -2.51.